The third-order valence-electron chi connectivity index (χ3n) is 2.78. The van der Waals surface area contributed by atoms with E-state index in [-0.39, 0.29) is 18.0 Å². The molecule has 0 heterocycles. The van der Waals surface area contributed by atoms with E-state index in [1.54, 1.807) is 24.3 Å². The fraction of sp³-hybridized carbons (Fsp3) is 0.0625. The van der Waals surface area contributed by atoms with Crippen LogP contribution in [0, 0.1) is 5.82 Å². The molecule has 0 atom stereocenters. The smallest absolute Gasteiger partial charge is 0.160 e. The molecule has 0 saturated heterocycles. The van der Waals surface area contributed by atoms with Crippen LogP contribution in [0.3, 0.4) is 0 Å². The van der Waals surface area contributed by atoms with Crippen LogP contribution in [-0.2, 0) is 11.2 Å². The normalized spacial score (nSPS) is 10.9. The summed E-state index contributed by atoms with van der Waals surface area (Å²) in [4.78, 5) is 11.9. The molecule has 0 radical (unpaired) electrons. The van der Waals surface area contributed by atoms with E-state index in [4.69, 9.17) is 5.73 Å². The number of carbonyl (C=O) groups excluding carboxylic acids is 1. The lowest BCUT2D eigenvalue weighted by Crippen LogP contribution is -1.99. The van der Waals surface area contributed by atoms with Crippen molar-refractivity contribution in [3.8, 4) is 0 Å². The van der Waals surface area contributed by atoms with E-state index >= 15 is 0 Å². The topological polar surface area (TPSA) is 43.1 Å². The van der Waals surface area contributed by atoms with Gasteiger partial charge in [0, 0.05) is 16.6 Å². The molecule has 2 rings (SSSR count). The van der Waals surface area contributed by atoms with Gasteiger partial charge >= 0.3 is 0 Å². The minimum absolute atomic E-state index is 0.0471. The number of hydrogen-bond acceptors (Lipinski definition) is 2. The Morgan fingerprint density at radius 2 is 1.90 bits per heavy atom. The first kappa shape index (κ1) is 14.5. The highest BCUT2D eigenvalue weighted by atomic mass is 79.9. The van der Waals surface area contributed by atoms with Gasteiger partial charge in [-0.1, -0.05) is 40.2 Å². The maximum absolute atomic E-state index is 12.9. The van der Waals surface area contributed by atoms with Crippen LogP contribution in [0.25, 0.3) is 6.08 Å². The molecule has 0 spiro atoms. The summed E-state index contributed by atoms with van der Waals surface area (Å²) in [7, 11) is 0. The average molecular weight is 334 g/mol. The van der Waals surface area contributed by atoms with Crippen molar-refractivity contribution in [3.05, 3.63) is 70.0 Å². The van der Waals surface area contributed by atoms with Crippen LogP contribution >= 0.6 is 15.9 Å². The van der Waals surface area contributed by atoms with Crippen molar-refractivity contribution in [1.82, 2.24) is 0 Å². The van der Waals surface area contributed by atoms with Gasteiger partial charge in [0.15, 0.2) is 5.78 Å². The highest BCUT2D eigenvalue weighted by Crippen LogP contribution is 2.19. The average Bonchev–Trinajstić information content (AvgIpc) is 2.41. The van der Waals surface area contributed by atoms with E-state index in [0.29, 0.717) is 10.2 Å². The number of nitrogens with two attached hydrogens (primary N) is 1. The van der Waals surface area contributed by atoms with Gasteiger partial charge in [-0.2, -0.15) is 0 Å². The first-order chi connectivity index (χ1) is 9.54. The van der Waals surface area contributed by atoms with E-state index in [2.05, 4.69) is 15.9 Å². The monoisotopic (exact) mass is 333 g/mol. The fourth-order valence-electron chi connectivity index (χ4n) is 1.71. The van der Waals surface area contributed by atoms with Gasteiger partial charge in [0.1, 0.15) is 5.82 Å². The molecule has 20 heavy (non-hydrogen) atoms. The standard InChI is InChI=1S/C16H13BrFNO/c17-16-10-13(18)5-4-12(16)9-15(20)8-3-11-1-6-14(19)7-2-11/h1-8,10H,9,19H2/b8-3+. The summed E-state index contributed by atoms with van der Waals surface area (Å²) in [6.07, 6.45) is 3.48. The second-order valence-corrected chi connectivity index (χ2v) is 5.23. The molecule has 0 amide bonds. The second-order valence-electron chi connectivity index (χ2n) is 4.38. The summed E-state index contributed by atoms with van der Waals surface area (Å²) in [6.45, 7) is 0. The number of anilines is 1. The zero-order chi connectivity index (χ0) is 14.5. The predicted octanol–water partition coefficient (Wildman–Crippen LogP) is 4.00. The van der Waals surface area contributed by atoms with E-state index in [1.807, 2.05) is 12.1 Å². The van der Waals surface area contributed by atoms with Gasteiger partial charge in [0.2, 0.25) is 0 Å². The molecule has 0 bridgehead atoms. The molecule has 0 saturated carbocycles. The maximum Gasteiger partial charge on any atom is 0.160 e. The summed E-state index contributed by atoms with van der Waals surface area (Å²) in [5.74, 6) is -0.375. The first-order valence-electron chi connectivity index (χ1n) is 6.05. The first-order valence-corrected chi connectivity index (χ1v) is 6.84. The third-order valence-corrected chi connectivity index (χ3v) is 3.52. The number of rotatable bonds is 4. The molecule has 2 aromatic rings. The van der Waals surface area contributed by atoms with Gasteiger partial charge in [-0.15, -0.1) is 0 Å². The Labute approximate surface area is 125 Å². The van der Waals surface area contributed by atoms with Crippen molar-refractivity contribution >= 4 is 33.5 Å². The van der Waals surface area contributed by atoms with Crippen molar-refractivity contribution in [2.24, 2.45) is 0 Å². The van der Waals surface area contributed by atoms with Gasteiger partial charge < -0.3 is 5.73 Å². The van der Waals surface area contributed by atoms with Crippen LogP contribution in [0.4, 0.5) is 10.1 Å². The van der Waals surface area contributed by atoms with Gasteiger partial charge in [0.05, 0.1) is 0 Å². The van der Waals surface area contributed by atoms with Crippen LogP contribution in [0.1, 0.15) is 11.1 Å². The van der Waals surface area contributed by atoms with Crippen molar-refractivity contribution in [2.75, 3.05) is 5.73 Å². The number of benzene rings is 2. The van der Waals surface area contributed by atoms with Gasteiger partial charge in [-0.05, 0) is 41.5 Å². The lowest BCUT2D eigenvalue weighted by atomic mass is 10.1. The number of ketones is 1. The zero-order valence-corrected chi connectivity index (χ0v) is 12.2. The fourth-order valence-corrected chi connectivity index (χ4v) is 2.20. The SMILES string of the molecule is Nc1ccc(/C=C/C(=O)Cc2ccc(F)cc2Br)cc1. The van der Waals surface area contributed by atoms with Crippen LogP contribution < -0.4 is 5.73 Å². The van der Waals surface area contributed by atoms with Gasteiger partial charge in [0.25, 0.3) is 0 Å². The Kier molecular flexibility index (Phi) is 4.69. The number of carbonyl (C=O) groups is 1. The Bertz CT molecular complexity index is 650. The largest absolute Gasteiger partial charge is 0.399 e. The predicted molar refractivity (Wildman–Crippen MR) is 82.7 cm³/mol. The van der Waals surface area contributed by atoms with Crippen LogP contribution in [-0.4, -0.2) is 5.78 Å². The maximum atomic E-state index is 12.9. The third kappa shape index (κ3) is 4.03. The van der Waals surface area contributed by atoms with Crippen LogP contribution in [0.15, 0.2) is 53.0 Å². The minimum Gasteiger partial charge on any atom is -0.399 e. The molecule has 4 heteroatoms. The molecule has 102 valence electrons. The molecule has 0 fully saturated rings. The second kappa shape index (κ2) is 6.48. The molecular weight excluding hydrogens is 321 g/mol. The van der Waals surface area contributed by atoms with Crippen molar-refractivity contribution < 1.29 is 9.18 Å². The zero-order valence-electron chi connectivity index (χ0n) is 10.6. The van der Waals surface area contributed by atoms with Gasteiger partial charge in [-0.3, -0.25) is 4.79 Å². The van der Waals surface area contributed by atoms with E-state index in [1.165, 1.54) is 18.2 Å². The van der Waals surface area contributed by atoms with Crippen molar-refractivity contribution in [1.29, 1.82) is 0 Å². The summed E-state index contributed by atoms with van der Waals surface area (Å²) in [5, 5.41) is 0. The highest BCUT2D eigenvalue weighted by Gasteiger charge is 2.05. The summed E-state index contributed by atoms with van der Waals surface area (Å²) in [6, 6.07) is 11.5. The Morgan fingerprint density at radius 1 is 1.20 bits per heavy atom. The molecule has 2 N–H and O–H groups in total. The lowest BCUT2D eigenvalue weighted by Gasteiger charge is -2.01. The summed E-state index contributed by atoms with van der Waals surface area (Å²) >= 11 is 3.25. The molecular formula is C16H13BrFNO. The number of allylic oxidation sites excluding steroid dienone is 1. The van der Waals surface area contributed by atoms with Crippen LogP contribution in [0.2, 0.25) is 0 Å². The Balaban J connectivity index is 2.03. The quantitative estimate of drug-likeness (QED) is 0.678. The van der Waals surface area contributed by atoms with Crippen LogP contribution in [0.5, 0.6) is 0 Å². The van der Waals surface area contributed by atoms with E-state index in [0.717, 1.165) is 11.1 Å². The van der Waals surface area contributed by atoms with Crippen molar-refractivity contribution in [2.45, 2.75) is 6.42 Å². The summed E-state index contributed by atoms with van der Waals surface area (Å²) in [5.41, 5.74) is 7.94. The molecule has 0 aliphatic rings. The molecule has 2 aromatic carbocycles. The number of nitrogen functional groups attached to an aromatic ring is 1. The molecule has 0 aliphatic heterocycles. The number of hydrogen-bond donors (Lipinski definition) is 1. The number of halogens is 2. The summed E-state index contributed by atoms with van der Waals surface area (Å²) < 4.78 is 13.6. The lowest BCUT2D eigenvalue weighted by molar-refractivity contribution is -0.113. The molecule has 0 aliphatic carbocycles. The minimum atomic E-state index is -0.328. The molecule has 2 nitrogen and oxygen atoms in total. The van der Waals surface area contributed by atoms with Gasteiger partial charge in [-0.25, -0.2) is 4.39 Å². The Morgan fingerprint density at radius 3 is 2.55 bits per heavy atom. The highest BCUT2D eigenvalue weighted by molar-refractivity contribution is 9.10. The van der Waals surface area contributed by atoms with E-state index < -0.39 is 0 Å². The molecule has 0 unspecified atom stereocenters. The van der Waals surface area contributed by atoms with Crippen molar-refractivity contribution in [3.63, 3.8) is 0 Å². The Hall–Kier alpha value is -1.94. The molecule has 0 aromatic heterocycles. The van der Waals surface area contributed by atoms with E-state index in [9.17, 15) is 9.18 Å².